The van der Waals surface area contributed by atoms with Crippen LogP contribution >= 0.6 is 0 Å². The van der Waals surface area contributed by atoms with E-state index in [1.165, 1.54) is 11.2 Å². The van der Waals surface area contributed by atoms with Crippen LogP contribution in [0.25, 0.3) is 16.8 Å². The third-order valence-electron chi connectivity index (χ3n) is 6.79. The van der Waals surface area contributed by atoms with Crippen molar-refractivity contribution in [3.05, 3.63) is 84.1 Å². The molecule has 7 nitrogen and oxygen atoms in total. The first-order chi connectivity index (χ1) is 16.8. The van der Waals surface area contributed by atoms with Crippen molar-refractivity contribution < 1.29 is 18.0 Å². The fourth-order valence-electron chi connectivity index (χ4n) is 4.86. The van der Waals surface area contributed by atoms with Gasteiger partial charge < -0.3 is 9.80 Å². The van der Waals surface area contributed by atoms with Gasteiger partial charge in [0.15, 0.2) is 0 Å². The van der Waals surface area contributed by atoms with Gasteiger partial charge in [-0.15, -0.1) is 0 Å². The Bertz CT molecular complexity index is 1430. The van der Waals surface area contributed by atoms with E-state index < -0.39 is 10.0 Å². The molecule has 2 aliphatic rings. The normalized spacial score (nSPS) is 18.5. The van der Waals surface area contributed by atoms with Gasteiger partial charge in [-0.05, 0) is 40.1 Å². The number of amides is 2. The number of carbonyl (C=O) groups is 2. The topological polar surface area (TPSA) is 78.0 Å². The van der Waals surface area contributed by atoms with Crippen molar-refractivity contribution in [2.75, 3.05) is 26.2 Å². The lowest BCUT2D eigenvalue weighted by atomic mass is 9.93. The van der Waals surface area contributed by atoms with E-state index >= 15 is 0 Å². The van der Waals surface area contributed by atoms with Crippen LogP contribution in [-0.4, -0.2) is 60.5 Å². The number of rotatable bonds is 4. The largest absolute Gasteiger partial charge is 0.340 e. The van der Waals surface area contributed by atoms with Crippen LogP contribution in [0.15, 0.2) is 77.8 Å². The summed E-state index contributed by atoms with van der Waals surface area (Å²) in [5, 5.41) is 1.86. The number of sulfonamides is 1. The zero-order chi connectivity index (χ0) is 24.6. The fraction of sp³-hybridized carbons (Fsp3) is 0.259. The van der Waals surface area contributed by atoms with Crippen molar-refractivity contribution in [3.8, 4) is 0 Å². The molecule has 8 heteroatoms. The van der Waals surface area contributed by atoms with Gasteiger partial charge in [0.25, 0.3) is 0 Å². The number of benzene rings is 3. The molecule has 5 rings (SSSR count). The molecular weight excluding hydrogens is 462 g/mol. The highest BCUT2D eigenvalue weighted by Crippen LogP contribution is 2.33. The minimum atomic E-state index is -3.66. The van der Waals surface area contributed by atoms with E-state index in [1.54, 1.807) is 28.1 Å². The molecule has 0 saturated carbocycles. The predicted octanol–water partition coefficient (Wildman–Crippen LogP) is 3.64. The Morgan fingerprint density at radius 2 is 1.57 bits per heavy atom. The highest BCUT2D eigenvalue weighted by Gasteiger charge is 2.33. The first-order valence-corrected chi connectivity index (χ1v) is 13.1. The van der Waals surface area contributed by atoms with Crippen LogP contribution in [0.5, 0.6) is 0 Å². The van der Waals surface area contributed by atoms with Crippen molar-refractivity contribution in [2.45, 2.75) is 24.3 Å². The Hall–Kier alpha value is -3.49. The minimum absolute atomic E-state index is 0.0888. The van der Waals surface area contributed by atoms with Crippen molar-refractivity contribution in [1.82, 2.24) is 14.1 Å². The molecule has 2 aliphatic heterocycles. The molecule has 35 heavy (non-hydrogen) atoms. The molecule has 0 aromatic heterocycles. The van der Waals surface area contributed by atoms with Crippen LogP contribution in [0.1, 0.15) is 30.5 Å². The Morgan fingerprint density at radius 3 is 2.31 bits per heavy atom. The van der Waals surface area contributed by atoms with E-state index in [4.69, 9.17) is 0 Å². The van der Waals surface area contributed by atoms with Crippen molar-refractivity contribution in [3.63, 3.8) is 0 Å². The number of hydrogen-bond acceptors (Lipinski definition) is 4. The summed E-state index contributed by atoms with van der Waals surface area (Å²) in [5.41, 5.74) is 1.94. The quantitative estimate of drug-likeness (QED) is 0.561. The summed E-state index contributed by atoms with van der Waals surface area (Å²) in [7, 11) is -3.66. The Morgan fingerprint density at radius 1 is 0.886 bits per heavy atom. The van der Waals surface area contributed by atoms with Crippen molar-refractivity contribution in [2.24, 2.45) is 0 Å². The predicted molar refractivity (Wildman–Crippen MR) is 135 cm³/mol. The van der Waals surface area contributed by atoms with E-state index in [9.17, 15) is 18.0 Å². The van der Waals surface area contributed by atoms with E-state index in [0.29, 0.717) is 13.1 Å². The number of piperazine rings is 1. The lowest BCUT2D eigenvalue weighted by Gasteiger charge is -2.37. The zero-order valence-corrected chi connectivity index (χ0v) is 20.3. The average molecular weight is 490 g/mol. The Labute approximate surface area is 205 Å². The van der Waals surface area contributed by atoms with Gasteiger partial charge in [0, 0.05) is 39.3 Å². The lowest BCUT2D eigenvalue weighted by Crippen LogP contribution is -2.51. The minimum Gasteiger partial charge on any atom is -0.340 e. The van der Waals surface area contributed by atoms with Gasteiger partial charge in [-0.2, -0.15) is 4.31 Å². The van der Waals surface area contributed by atoms with Crippen LogP contribution in [0.3, 0.4) is 0 Å². The van der Waals surface area contributed by atoms with Crippen LogP contribution in [0.2, 0.25) is 0 Å². The van der Waals surface area contributed by atoms with Crippen LogP contribution in [-0.2, 0) is 19.6 Å². The molecule has 1 atom stereocenters. The maximum absolute atomic E-state index is 13.3. The van der Waals surface area contributed by atoms with Gasteiger partial charge in [-0.3, -0.25) is 9.59 Å². The Kier molecular flexibility index (Phi) is 6.17. The first kappa shape index (κ1) is 23.3. The SMILES string of the molecule is CC(=O)N1C=Cc2ccccc2[C@@H]1CC(=O)N1CCN(S(=O)(=O)c2ccc3ccccc3c2)CC1. The standard InChI is InChI=1S/C27H27N3O4S/c1-20(31)30-13-12-22-7-4-5-9-25(22)26(30)19-27(32)28-14-16-29(17-15-28)35(33,34)24-11-10-21-6-2-3-8-23(21)18-24/h2-13,18,26H,14-17,19H2,1H3/t26-/m0/s1. The maximum Gasteiger partial charge on any atom is 0.243 e. The summed E-state index contributed by atoms with van der Waals surface area (Å²) in [6, 6.07) is 20.2. The summed E-state index contributed by atoms with van der Waals surface area (Å²) in [4.78, 5) is 29.0. The summed E-state index contributed by atoms with van der Waals surface area (Å²) in [5.74, 6) is -0.214. The smallest absolute Gasteiger partial charge is 0.243 e. The van der Waals surface area contributed by atoms with E-state index in [2.05, 4.69) is 0 Å². The van der Waals surface area contributed by atoms with Crippen molar-refractivity contribution in [1.29, 1.82) is 0 Å². The van der Waals surface area contributed by atoms with E-state index in [-0.39, 0.29) is 42.3 Å². The second-order valence-corrected chi connectivity index (χ2v) is 10.8. The molecule has 0 aliphatic carbocycles. The molecule has 0 spiro atoms. The molecule has 2 amide bonds. The number of carbonyl (C=O) groups excluding carboxylic acids is 2. The molecule has 0 unspecified atom stereocenters. The van der Waals surface area contributed by atoms with Crippen LogP contribution in [0, 0.1) is 0 Å². The molecule has 0 N–H and O–H groups in total. The molecule has 0 bridgehead atoms. The van der Waals surface area contributed by atoms with E-state index in [0.717, 1.165) is 21.9 Å². The summed E-state index contributed by atoms with van der Waals surface area (Å²) < 4.78 is 27.9. The van der Waals surface area contributed by atoms with Gasteiger partial charge in [-0.25, -0.2) is 8.42 Å². The lowest BCUT2D eigenvalue weighted by molar-refractivity contribution is -0.135. The van der Waals surface area contributed by atoms with E-state index in [1.807, 2.05) is 60.7 Å². The second-order valence-electron chi connectivity index (χ2n) is 8.88. The van der Waals surface area contributed by atoms with Crippen molar-refractivity contribution >= 4 is 38.7 Å². The summed E-state index contributed by atoms with van der Waals surface area (Å²) in [6.07, 6.45) is 3.77. The number of hydrogen-bond donors (Lipinski definition) is 0. The van der Waals surface area contributed by atoms with Crippen LogP contribution < -0.4 is 0 Å². The number of nitrogens with zero attached hydrogens (tertiary/aromatic N) is 3. The molecule has 1 fully saturated rings. The highest BCUT2D eigenvalue weighted by molar-refractivity contribution is 7.89. The Balaban J connectivity index is 1.28. The zero-order valence-electron chi connectivity index (χ0n) is 19.5. The maximum atomic E-state index is 13.3. The first-order valence-electron chi connectivity index (χ1n) is 11.7. The molecule has 180 valence electrons. The molecule has 0 radical (unpaired) electrons. The molecule has 3 aromatic carbocycles. The summed E-state index contributed by atoms with van der Waals surface area (Å²) in [6.45, 7) is 2.59. The van der Waals surface area contributed by atoms with Crippen LogP contribution in [0.4, 0.5) is 0 Å². The van der Waals surface area contributed by atoms with Gasteiger partial charge in [-0.1, -0.05) is 54.6 Å². The van der Waals surface area contributed by atoms with Gasteiger partial charge in [0.2, 0.25) is 21.8 Å². The monoisotopic (exact) mass is 489 g/mol. The second kappa shape index (κ2) is 9.28. The average Bonchev–Trinajstić information content (AvgIpc) is 2.88. The number of fused-ring (bicyclic) bond motifs is 2. The molecular formula is C27H27N3O4S. The third kappa shape index (κ3) is 4.47. The van der Waals surface area contributed by atoms with Gasteiger partial charge >= 0.3 is 0 Å². The molecule has 3 aromatic rings. The molecule has 2 heterocycles. The fourth-order valence-corrected chi connectivity index (χ4v) is 6.32. The third-order valence-corrected chi connectivity index (χ3v) is 8.68. The molecule has 1 saturated heterocycles. The van der Waals surface area contributed by atoms with Gasteiger partial charge in [0.05, 0.1) is 17.4 Å². The summed E-state index contributed by atoms with van der Waals surface area (Å²) >= 11 is 0. The highest BCUT2D eigenvalue weighted by atomic mass is 32.2. The van der Waals surface area contributed by atoms with Gasteiger partial charge in [0.1, 0.15) is 0 Å².